The molecule has 1 heterocycles. The second-order valence-electron chi connectivity index (χ2n) is 4.69. The van der Waals surface area contributed by atoms with E-state index in [2.05, 4.69) is 41.6 Å². The molecule has 0 spiro atoms. The molecule has 1 aromatic carbocycles. The molecule has 2 rings (SSSR count). The molecule has 0 saturated carbocycles. The largest absolute Gasteiger partial charge is 0.330 e. The van der Waals surface area contributed by atoms with Gasteiger partial charge in [0, 0.05) is 7.05 Å². The summed E-state index contributed by atoms with van der Waals surface area (Å²) < 4.78 is 2.09. The molecule has 1 atom stereocenters. The maximum Gasteiger partial charge on any atom is 0.126 e. The van der Waals surface area contributed by atoms with Crippen LogP contribution in [0, 0.1) is 0 Å². The monoisotopic (exact) mass is 217 g/mol. The van der Waals surface area contributed by atoms with E-state index in [4.69, 9.17) is 5.73 Å². The third-order valence-corrected chi connectivity index (χ3v) is 3.01. The third-order valence-electron chi connectivity index (χ3n) is 3.01. The van der Waals surface area contributed by atoms with E-state index in [9.17, 15) is 0 Å². The molecule has 3 heteroatoms. The molecule has 16 heavy (non-hydrogen) atoms. The Morgan fingerprint density at radius 2 is 1.94 bits per heavy atom. The van der Waals surface area contributed by atoms with Crippen LogP contribution in [-0.2, 0) is 7.05 Å². The summed E-state index contributed by atoms with van der Waals surface area (Å²) in [5.74, 6) is 1.43. The van der Waals surface area contributed by atoms with Gasteiger partial charge in [-0.25, -0.2) is 4.98 Å². The van der Waals surface area contributed by atoms with Crippen molar-refractivity contribution in [2.45, 2.75) is 32.7 Å². The fourth-order valence-corrected chi connectivity index (χ4v) is 2.13. The van der Waals surface area contributed by atoms with Crippen molar-refractivity contribution < 1.29 is 0 Å². The van der Waals surface area contributed by atoms with Crippen molar-refractivity contribution in [3.05, 3.63) is 29.6 Å². The molecule has 0 amide bonds. The minimum absolute atomic E-state index is 0.0302. The van der Waals surface area contributed by atoms with Crippen LogP contribution in [0.3, 0.4) is 0 Å². The first-order valence-electron chi connectivity index (χ1n) is 5.73. The summed E-state index contributed by atoms with van der Waals surface area (Å²) >= 11 is 0. The molecular formula is C13H19N3. The molecule has 0 aliphatic carbocycles. The Labute approximate surface area is 96.3 Å². The highest BCUT2D eigenvalue weighted by atomic mass is 15.1. The first-order valence-corrected chi connectivity index (χ1v) is 5.73. The van der Waals surface area contributed by atoms with Gasteiger partial charge in [0.15, 0.2) is 0 Å². The Bertz CT molecular complexity index is 509. The number of para-hydroxylation sites is 1. The van der Waals surface area contributed by atoms with Crippen molar-refractivity contribution in [1.29, 1.82) is 0 Å². The van der Waals surface area contributed by atoms with Crippen molar-refractivity contribution in [3.63, 3.8) is 0 Å². The summed E-state index contributed by atoms with van der Waals surface area (Å²) in [7, 11) is 2.03. The number of nitrogens with zero attached hydrogens (tertiary/aromatic N) is 2. The zero-order chi connectivity index (χ0) is 11.9. The van der Waals surface area contributed by atoms with Crippen LogP contribution < -0.4 is 5.73 Å². The van der Waals surface area contributed by atoms with Crippen LogP contribution in [-0.4, -0.2) is 9.55 Å². The molecule has 0 radical (unpaired) electrons. The van der Waals surface area contributed by atoms with Crippen molar-refractivity contribution in [2.24, 2.45) is 12.8 Å². The topological polar surface area (TPSA) is 43.8 Å². The van der Waals surface area contributed by atoms with Crippen LogP contribution in [0.25, 0.3) is 11.0 Å². The van der Waals surface area contributed by atoms with Crippen LogP contribution in [0.5, 0.6) is 0 Å². The molecule has 1 aromatic heterocycles. The van der Waals surface area contributed by atoms with Gasteiger partial charge in [0.05, 0.1) is 17.1 Å². The number of aromatic nitrogens is 2. The normalized spacial score (nSPS) is 13.6. The van der Waals surface area contributed by atoms with Crippen LogP contribution in [0.4, 0.5) is 0 Å². The van der Waals surface area contributed by atoms with Gasteiger partial charge in [0.2, 0.25) is 0 Å². The number of benzene rings is 1. The average Bonchev–Trinajstić information content (AvgIpc) is 2.56. The predicted octanol–water partition coefficient (Wildman–Crippen LogP) is 2.72. The molecule has 2 aromatic rings. The Balaban J connectivity index is 2.75. The average molecular weight is 217 g/mol. The highest BCUT2D eigenvalue weighted by Crippen LogP contribution is 2.26. The molecule has 3 nitrogen and oxygen atoms in total. The fraction of sp³-hybridized carbons (Fsp3) is 0.462. The Kier molecular flexibility index (Phi) is 2.72. The maximum absolute atomic E-state index is 5.92. The molecule has 86 valence electrons. The summed E-state index contributed by atoms with van der Waals surface area (Å²) in [6.07, 6.45) is 0. The van der Waals surface area contributed by atoms with Crippen LogP contribution in [0.2, 0.25) is 0 Å². The summed E-state index contributed by atoms with van der Waals surface area (Å²) in [5, 5.41) is 0. The first kappa shape index (κ1) is 11.1. The minimum atomic E-state index is -0.0302. The van der Waals surface area contributed by atoms with Gasteiger partial charge >= 0.3 is 0 Å². The second kappa shape index (κ2) is 3.91. The summed E-state index contributed by atoms with van der Waals surface area (Å²) in [6, 6.07) is 6.30. The molecule has 0 fully saturated rings. The summed E-state index contributed by atoms with van der Waals surface area (Å²) in [5.41, 5.74) is 9.47. The van der Waals surface area contributed by atoms with E-state index < -0.39 is 0 Å². The zero-order valence-corrected chi connectivity index (χ0v) is 10.4. The van der Waals surface area contributed by atoms with E-state index in [1.807, 2.05) is 14.0 Å². The molecule has 0 aliphatic heterocycles. The van der Waals surface area contributed by atoms with E-state index in [-0.39, 0.29) is 6.04 Å². The number of fused-ring (bicyclic) bond motifs is 1. The number of nitrogens with two attached hydrogens (primary N) is 1. The zero-order valence-electron chi connectivity index (χ0n) is 10.4. The Hall–Kier alpha value is -1.35. The Morgan fingerprint density at radius 3 is 2.50 bits per heavy atom. The van der Waals surface area contributed by atoms with E-state index >= 15 is 0 Å². The lowest BCUT2D eigenvalue weighted by atomic mass is 10.0. The van der Waals surface area contributed by atoms with Gasteiger partial charge in [0.25, 0.3) is 0 Å². The highest BCUT2D eigenvalue weighted by Gasteiger charge is 2.14. The lowest BCUT2D eigenvalue weighted by Crippen LogP contribution is -2.11. The maximum atomic E-state index is 5.92. The number of hydrogen-bond donors (Lipinski definition) is 1. The Morgan fingerprint density at radius 1 is 1.25 bits per heavy atom. The number of hydrogen-bond acceptors (Lipinski definition) is 2. The standard InChI is InChI=1S/C13H19N3/c1-8(2)10-6-5-7-11-12(10)15-13(9(3)14)16(11)4/h5-9H,14H2,1-4H3. The van der Waals surface area contributed by atoms with Gasteiger partial charge in [0.1, 0.15) is 5.82 Å². The van der Waals surface area contributed by atoms with Gasteiger partial charge in [-0.05, 0) is 24.5 Å². The summed E-state index contributed by atoms with van der Waals surface area (Å²) in [6.45, 7) is 6.35. The molecule has 1 unspecified atom stereocenters. The second-order valence-corrected chi connectivity index (χ2v) is 4.69. The van der Waals surface area contributed by atoms with Gasteiger partial charge < -0.3 is 10.3 Å². The molecular weight excluding hydrogens is 198 g/mol. The van der Waals surface area contributed by atoms with Crippen LogP contribution in [0.1, 0.15) is 44.1 Å². The first-order chi connectivity index (χ1) is 7.52. The predicted molar refractivity (Wildman–Crippen MR) is 67.4 cm³/mol. The van der Waals surface area contributed by atoms with Crippen molar-refractivity contribution in [1.82, 2.24) is 9.55 Å². The third kappa shape index (κ3) is 1.61. The van der Waals surface area contributed by atoms with Gasteiger partial charge in [-0.15, -0.1) is 0 Å². The lowest BCUT2D eigenvalue weighted by Gasteiger charge is -2.05. The minimum Gasteiger partial charge on any atom is -0.330 e. The quantitative estimate of drug-likeness (QED) is 0.840. The molecule has 0 aliphatic rings. The highest BCUT2D eigenvalue weighted by molar-refractivity contribution is 5.80. The SMILES string of the molecule is CC(C)c1cccc2c1nc(C(C)N)n2C. The smallest absolute Gasteiger partial charge is 0.126 e. The van der Waals surface area contributed by atoms with Gasteiger partial charge in [-0.2, -0.15) is 0 Å². The lowest BCUT2D eigenvalue weighted by molar-refractivity contribution is 0.696. The van der Waals surface area contributed by atoms with Crippen molar-refractivity contribution in [2.75, 3.05) is 0 Å². The number of rotatable bonds is 2. The van der Waals surface area contributed by atoms with Crippen LogP contribution >= 0.6 is 0 Å². The summed E-state index contributed by atoms with van der Waals surface area (Å²) in [4.78, 5) is 4.67. The molecule has 2 N–H and O–H groups in total. The molecule has 0 saturated heterocycles. The van der Waals surface area contributed by atoms with E-state index in [1.54, 1.807) is 0 Å². The van der Waals surface area contributed by atoms with E-state index in [1.165, 1.54) is 11.1 Å². The number of aryl methyl sites for hydroxylation is 1. The van der Waals surface area contributed by atoms with E-state index in [0.717, 1.165) is 11.3 Å². The van der Waals surface area contributed by atoms with E-state index in [0.29, 0.717) is 5.92 Å². The van der Waals surface area contributed by atoms with Crippen molar-refractivity contribution in [3.8, 4) is 0 Å². The van der Waals surface area contributed by atoms with Gasteiger partial charge in [-0.1, -0.05) is 26.0 Å². The fourth-order valence-electron chi connectivity index (χ4n) is 2.13. The van der Waals surface area contributed by atoms with Crippen LogP contribution in [0.15, 0.2) is 18.2 Å². The van der Waals surface area contributed by atoms with Gasteiger partial charge in [-0.3, -0.25) is 0 Å². The number of imidazole rings is 1. The molecule has 0 bridgehead atoms. The van der Waals surface area contributed by atoms with Crippen molar-refractivity contribution >= 4 is 11.0 Å².